The van der Waals surface area contributed by atoms with Gasteiger partial charge in [-0.25, -0.2) is 9.18 Å². The van der Waals surface area contributed by atoms with Crippen LogP contribution in [0.5, 0.6) is 0 Å². The minimum absolute atomic E-state index is 0.130. The van der Waals surface area contributed by atoms with Gasteiger partial charge in [-0.05, 0) is 57.7 Å². The van der Waals surface area contributed by atoms with Crippen LogP contribution >= 0.6 is 0 Å². The van der Waals surface area contributed by atoms with E-state index in [1.54, 1.807) is 12.1 Å². The second kappa shape index (κ2) is 8.57. The number of amides is 1. The maximum absolute atomic E-state index is 13.1. The van der Waals surface area contributed by atoms with E-state index < -0.39 is 5.60 Å². The van der Waals surface area contributed by atoms with E-state index in [1.165, 1.54) is 12.1 Å². The lowest BCUT2D eigenvalue weighted by molar-refractivity contribution is -0.0168. The van der Waals surface area contributed by atoms with Gasteiger partial charge < -0.3 is 19.7 Å². The lowest BCUT2D eigenvalue weighted by Gasteiger charge is -2.40. The quantitative estimate of drug-likeness (QED) is 0.868. The SMILES string of the molecule is CC(C)(C)OC(=O)N1CCC[C@@H]1[C@@H]1COCC[C@@H]1NCc1ccc(F)cc1. The van der Waals surface area contributed by atoms with Crippen molar-refractivity contribution in [3.63, 3.8) is 0 Å². The Hall–Kier alpha value is -1.66. The molecule has 1 aromatic rings. The lowest BCUT2D eigenvalue weighted by atomic mass is 9.87. The van der Waals surface area contributed by atoms with E-state index >= 15 is 0 Å². The third-order valence-electron chi connectivity index (χ3n) is 5.30. The normalized spacial score (nSPS) is 26.2. The van der Waals surface area contributed by atoms with Crippen molar-refractivity contribution in [2.75, 3.05) is 19.8 Å². The molecule has 3 rings (SSSR count). The van der Waals surface area contributed by atoms with Crippen LogP contribution in [0.4, 0.5) is 9.18 Å². The number of nitrogens with one attached hydrogen (secondary N) is 1. The molecule has 2 aliphatic rings. The van der Waals surface area contributed by atoms with Gasteiger partial charge >= 0.3 is 6.09 Å². The van der Waals surface area contributed by atoms with Gasteiger partial charge in [0.2, 0.25) is 0 Å². The molecule has 0 bridgehead atoms. The Bertz CT molecular complexity index is 629. The monoisotopic (exact) mass is 378 g/mol. The first-order valence-electron chi connectivity index (χ1n) is 9.89. The zero-order valence-electron chi connectivity index (χ0n) is 16.5. The number of halogens is 1. The number of ether oxygens (including phenoxy) is 2. The minimum atomic E-state index is -0.493. The van der Waals surface area contributed by atoms with Crippen molar-refractivity contribution in [3.05, 3.63) is 35.6 Å². The van der Waals surface area contributed by atoms with Crippen LogP contribution in [0.1, 0.15) is 45.6 Å². The van der Waals surface area contributed by atoms with Crippen molar-refractivity contribution >= 4 is 6.09 Å². The van der Waals surface area contributed by atoms with Crippen LogP contribution in [0.25, 0.3) is 0 Å². The predicted molar refractivity (Wildman–Crippen MR) is 102 cm³/mol. The number of rotatable bonds is 4. The molecule has 2 heterocycles. The Morgan fingerprint density at radius 3 is 2.74 bits per heavy atom. The van der Waals surface area contributed by atoms with Gasteiger partial charge in [0, 0.05) is 37.7 Å². The average Bonchev–Trinajstić information content (AvgIpc) is 3.10. The molecule has 0 saturated carbocycles. The van der Waals surface area contributed by atoms with Crippen molar-refractivity contribution in [2.24, 2.45) is 5.92 Å². The van der Waals surface area contributed by atoms with Crippen molar-refractivity contribution in [1.29, 1.82) is 0 Å². The van der Waals surface area contributed by atoms with Gasteiger partial charge in [-0.15, -0.1) is 0 Å². The molecule has 150 valence electrons. The van der Waals surface area contributed by atoms with Crippen LogP contribution in [0, 0.1) is 11.7 Å². The molecule has 1 amide bonds. The van der Waals surface area contributed by atoms with Crippen LogP contribution in [-0.4, -0.2) is 48.4 Å². The Morgan fingerprint density at radius 2 is 2.04 bits per heavy atom. The number of carbonyl (C=O) groups excluding carboxylic acids is 1. The molecule has 0 unspecified atom stereocenters. The Kier molecular flexibility index (Phi) is 6.37. The zero-order valence-corrected chi connectivity index (χ0v) is 16.5. The lowest BCUT2D eigenvalue weighted by Crippen LogP contribution is -2.53. The van der Waals surface area contributed by atoms with Gasteiger partial charge in [0.1, 0.15) is 11.4 Å². The summed E-state index contributed by atoms with van der Waals surface area (Å²) in [6.07, 6.45) is 2.64. The molecule has 2 aliphatic heterocycles. The summed E-state index contributed by atoms with van der Waals surface area (Å²) in [6.45, 7) is 8.47. The second-order valence-corrected chi connectivity index (χ2v) is 8.52. The van der Waals surface area contributed by atoms with Gasteiger partial charge in [0.25, 0.3) is 0 Å². The van der Waals surface area contributed by atoms with E-state index in [4.69, 9.17) is 9.47 Å². The van der Waals surface area contributed by atoms with Crippen LogP contribution in [0.15, 0.2) is 24.3 Å². The van der Waals surface area contributed by atoms with E-state index in [0.29, 0.717) is 13.2 Å². The summed E-state index contributed by atoms with van der Waals surface area (Å²) in [4.78, 5) is 14.5. The van der Waals surface area contributed by atoms with E-state index in [1.807, 2.05) is 25.7 Å². The molecule has 1 aromatic carbocycles. The molecular weight excluding hydrogens is 347 g/mol. The average molecular weight is 378 g/mol. The second-order valence-electron chi connectivity index (χ2n) is 8.52. The third kappa shape index (κ3) is 5.42. The molecule has 6 heteroatoms. The molecule has 0 radical (unpaired) electrons. The smallest absolute Gasteiger partial charge is 0.410 e. The molecule has 5 nitrogen and oxygen atoms in total. The van der Waals surface area contributed by atoms with E-state index in [0.717, 1.165) is 38.0 Å². The van der Waals surface area contributed by atoms with Gasteiger partial charge in [-0.3, -0.25) is 0 Å². The largest absolute Gasteiger partial charge is 0.444 e. The third-order valence-corrected chi connectivity index (χ3v) is 5.30. The fraction of sp³-hybridized carbons (Fsp3) is 0.667. The van der Waals surface area contributed by atoms with Crippen molar-refractivity contribution < 1.29 is 18.7 Å². The summed E-state index contributed by atoms with van der Waals surface area (Å²) >= 11 is 0. The van der Waals surface area contributed by atoms with Crippen LogP contribution in [0.3, 0.4) is 0 Å². The number of nitrogens with zero attached hydrogens (tertiary/aromatic N) is 1. The highest BCUT2D eigenvalue weighted by atomic mass is 19.1. The van der Waals surface area contributed by atoms with Crippen LogP contribution in [-0.2, 0) is 16.0 Å². The van der Waals surface area contributed by atoms with Crippen molar-refractivity contribution in [1.82, 2.24) is 10.2 Å². The van der Waals surface area contributed by atoms with E-state index in [9.17, 15) is 9.18 Å². The van der Waals surface area contributed by atoms with E-state index in [-0.39, 0.29) is 29.9 Å². The fourth-order valence-corrected chi connectivity index (χ4v) is 4.03. The van der Waals surface area contributed by atoms with Crippen LogP contribution in [0.2, 0.25) is 0 Å². The molecule has 0 aromatic heterocycles. The molecule has 1 N–H and O–H groups in total. The van der Waals surface area contributed by atoms with Crippen molar-refractivity contribution in [2.45, 2.75) is 64.3 Å². The first-order chi connectivity index (χ1) is 12.8. The summed E-state index contributed by atoms with van der Waals surface area (Å²) in [7, 11) is 0. The highest BCUT2D eigenvalue weighted by Gasteiger charge is 2.41. The van der Waals surface area contributed by atoms with Gasteiger partial charge in [0.05, 0.1) is 6.61 Å². The van der Waals surface area contributed by atoms with E-state index in [2.05, 4.69) is 5.32 Å². The first kappa shape index (κ1) is 20.1. The molecule has 27 heavy (non-hydrogen) atoms. The summed E-state index contributed by atoms with van der Waals surface area (Å²) in [6, 6.07) is 6.97. The topological polar surface area (TPSA) is 50.8 Å². The Labute approximate surface area is 161 Å². The predicted octanol–water partition coefficient (Wildman–Crippen LogP) is 3.72. The summed E-state index contributed by atoms with van der Waals surface area (Å²) in [5.41, 5.74) is 0.560. The number of hydrogen-bond donors (Lipinski definition) is 1. The van der Waals surface area contributed by atoms with Gasteiger partial charge in [-0.1, -0.05) is 12.1 Å². The van der Waals surface area contributed by atoms with Gasteiger partial charge in [-0.2, -0.15) is 0 Å². The minimum Gasteiger partial charge on any atom is -0.444 e. The standard InChI is InChI=1S/C21H31FN2O3/c1-21(2,3)27-20(25)24-11-4-5-19(24)17-14-26-12-10-18(17)23-13-15-6-8-16(22)9-7-15/h6-9,17-19,23H,4-5,10-14H2,1-3H3/t17-,18+,19-/m1/s1. The molecule has 2 fully saturated rings. The highest BCUT2D eigenvalue weighted by molar-refractivity contribution is 5.69. The molecular formula is C21H31FN2O3. The number of likely N-dealkylation sites (tertiary alicyclic amines) is 1. The zero-order chi connectivity index (χ0) is 19.4. The number of hydrogen-bond acceptors (Lipinski definition) is 4. The summed E-state index contributed by atoms with van der Waals surface area (Å²) < 4.78 is 24.5. The summed E-state index contributed by atoms with van der Waals surface area (Å²) in [5.74, 6) is 0.0101. The van der Waals surface area contributed by atoms with Crippen LogP contribution < -0.4 is 5.32 Å². The maximum Gasteiger partial charge on any atom is 0.410 e. The highest BCUT2D eigenvalue weighted by Crippen LogP contribution is 2.31. The van der Waals surface area contributed by atoms with Crippen molar-refractivity contribution in [3.8, 4) is 0 Å². The Morgan fingerprint density at radius 1 is 1.30 bits per heavy atom. The van der Waals surface area contributed by atoms with Gasteiger partial charge in [0.15, 0.2) is 0 Å². The summed E-state index contributed by atoms with van der Waals surface area (Å²) in [5, 5.41) is 3.61. The first-order valence-corrected chi connectivity index (χ1v) is 9.89. The number of carbonyl (C=O) groups is 1. The molecule has 2 saturated heterocycles. The number of benzene rings is 1. The fourth-order valence-electron chi connectivity index (χ4n) is 4.03. The molecule has 3 atom stereocenters. The molecule has 0 aliphatic carbocycles. The maximum atomic E-state index is 13.1. The molecule has 0 spiro atoms. The Balaban J connectivity index is 1.64.